The van der Waals surface area contributed by atoms with E-state index in [0.29, 0.717) is 22.8 Å². The van der Waals surface area contributed by atoms with Crippen LogP contribution in [0.15, 0.2) is 12.1 Å². The molecule has 0 aliphatic rings. The smallest absolute Gasteiger partial charge is 0.107 e. The van der Waals surface area contributed by atoms with Crippen LogP contribution in [0.1, 0.15) is 18.1 Å². The highest BCUT2D eigenvalue weighted by Gasteiger charge is 2.21. The molecule has 90 valence electrons. The molecule has 0 aromatic heterocycles. The Kier molecular flexibility index (Phi) is 5.21. The summed E-state index contributed by atoms with van der Waals surface area (Å²) in [6, 6.07) is 2.98. The Labute approximate surface area is 110 Å². The molecule has 2 atom stereocenters. The monoisotopic (exact) mass is 281 g/mol. The number of hydrogen-bond acceptors (Lipinski definition) is 4. The molecule has 0 saturated heterocycles. The molecular formula is C10H13Cl2NO2S. The van der Waals surface area contributed by atoms with Crippen molar-refractivity contribution in [3.05, 3.63) is 27.7 Å². The molecule has 4 N–H and O–H groups in total. The molecular weight excluding hydrogens is 269 g/mol. The second-order valence-corrected chi connectivity index (χ2v) is 4.71. The lowest BCUT2D eigenvalue weighted by atomic mass is 10.0. The van der Waals surface area contributed by atoms with E-state index in [9.17, 15) is 10.2 Å². The van der Waals surface area contributed by atoms with E-state index in [0.717, 1.165) is 0 Å². The Hall–Kier alpha value is -0.130. The molecule has 0 radical (unpaired) electrons. The molecule has 0 spiro atoms. The first-order chi connectivity index (χ1) is 7.47. The quantitative estimate of drug-likeness (QED) is 0.506. The fraction of sp³-hybridized carbons (Fsp3) is 0.400. The summed E-state index contributed by atoms with van der Waals surface area (Å²) in [5.41, 5.74) is 6.28. The van der Waals surface area contributed by atoms with Gasteiger partial charge in [-0.3, -0.25) is 0 Å². The second-order valence-electron chi connectivity index (χ2n) is 3.41. The van der Waals surface area contributed by atoms with E-state index < -0.39 is 12.2 Å². The molecule has 3 nitrogen and oxygen atoms in total. The summed E-state index contributed by atoms with van der Waals surface area (Å²) in [6.45, 7) is 0. The topological polar surface area (TPSA) is 66.5 Å². The van der Waals surface area contributed by atoms with Crippen LogP contribution in [-0.4, -0.2) is 22.1 Å². The van der Waals surface area contributed by atoms with Crippen LogP contribution < -0.4 is 5.73 Å². The summed E-state index contributed by atoms with van der Waals surface area (Å²) in [5.74, 6) is 0.465. The zero-order valence-corrected chi connectivity index (χ0v) is 10.8. The average Bonchev–Trinajstić information content (AvgIpc) is 2.22. The highest BCUT2D eigenvalue weighted by Crippen LogP contribution is 2.33. The lowest BCUT2D eigenvalue weighted by Gasteiger charge is -2.19. The number of anilines is 1. The molecule has 6 heteroatoms. The first kappa shape index (κ1) is 13.9. The third-order valence-corrected chi connectivity index (χ3v) is 3.02. The van der Waals surface area contributed by atoms with E-state index >= 15 is 0 Å². The van der Waals surface area contributed by atoms with Crippen LogP contribution >= 0.6 is 35.8 Å². The number of aliphatic hydroxyl groups is 2. The van der Waals surface area contributed by atoms with Crippen molar-refractivity contribution in [1.82, 2.24) is 0 Å². The first-order valence-electron chi connectivity index (χ1n) is 4.68. The third kappa shape index (κ3) is 3.18. The summed E-state index contributed by atoms with van der Waals surface area (Å²) in [4.78, 5) is 0. The Morgan fingerprint density at radius 3 is 2.50 bits per heavy atom. The first-order valence-corrected chi connectivity index (χ1v) is 6.07. The second kappa shape index (κ2) is 5.98. The van der Waals surface area contributed by atoms with Crippen molar-refractivity contribution < 1.29 is 10.2 Å². The van der Waals surface area contributed by atoms with Gasteiger partial charge in [-0.2, -0.15) is 12.6 Å². The lowest BCUT2D eigenvalue weighted by molar-refractivity contribution is 0.0177. The van der Waals surface area contributed by atoms with Gasteiger partial charge in [0, 0.05) is 10.6 Å². The van der Waals surface area contributed by atoms with E-state index in [4.69, 9.17) is 28.9 Å². The Balaban J connectivity index is 3.03. The molecule has 0 saturated carbocycles. The van der Waals surface area contributed by atoms with Crippen LogP contribution in [0.3, 0.4) is 0 Å². The van der Waals surface area contributed by atoms with Crippen LogP contribution in [-0.2, 0) is 0 Å². The van der Waals surface area contributed by atoms with Gasteiger partial charge in [-0.15, -0.1) is 0 Å². The van der Waals surface area contributed by atoms with Crippen molar-refractivity contribution in [2.45, 2.75) is 18.6 Å². The van der Waals surface area contributed by atoms with Gasteiger partial charge in [0.2, 0.25) is 0 Å². The Morgan fingerprint density at radius 1 is 1.31 bits per heavy atom. The molecule has 1 aromatic carbocycles. The van der Waals surface area contributed by atoms with Gasteiger partial charge in [0.05, 0.1) is 16.8 Å². The van der Waals surface area contributed by atoms with Gasteiger partial charge in [-0.25, -0.2) is 0 Å². The molecule has 0 aliphatic heterocycles. The third-order valence-electron chi connectivity index (χ3n) is 2.23. The zero-order chi connectivity index (χ0) is 12.3. The summed E-state index contributed by atoms with van der Waals surface area (Å²) in [5, 5.41) is 20.1. The highest BCUT2D eigenvalue weighted by atomic mass is 35.5. The highest BCUT2D eigenvalue weighted by molar-refractivity contribution is 7.80. The Morgan fingerprint density at radius 2 is 1.94 bits per heavy atom. The summed E-state index contributed by atoms with van der Waals surface area (Å²) < 4.78 is 0. The minimum atomic E-state index is -1.11. The molecule has 0 bridgehead atoms. The number of halogens is 2. The van der Waals surface area contributed by atoms with Gasteiger partial charge < -0.3 is 15.9 Å². The maximum absolute atomic E-state index is 9.87. The minimum Gasteiger partial charge on any atom is -0.397 e. The van der Waals surface area contributed by atoms with Crippen LogP contribution in [0.5, 0.6) is 0 Å². The lowest BCUT2D eigenvalue weighted by Crippen LogP contribution is -2.20. The summed E-state index contributed by atoms with van der Waals surface area (Å²) in [6.07, 6.45) is -1.69. The largest absolute Gasteiger partial charge is 0.397 e. The van der Waals surface area contributed by atoms with Crippen LogP contribution in [0.4, 0.5) is 5.69 Å². The molecule has 0 aliphatic carbocycles. The van der Waals surface area contributed by atoms with Crippen LogP contribution in [0.25, 0.3) is 0 Å². The molecule has 1 aromatic rings. The molecule has 16 heavy (non-hydrogen) atoms. The van der Waals surface area contributed by atoms with Crippen molar-refractivity contribution in [2.75, 3.05) is 11.5 Å². The fourth-order valence-corrected chi connectivity index (χ4v) is 2.12. The number of nitrogen functional groups attached to an aromatic ring is 1. The van der Waals surface area contributed by atoms with Gasteiger partial charge >= 0.3 is 0 Å². The Bertz CT molecular complexity index is 376. The maximum atomic E-state index is 9.87. The van der Waals surface area contributed by atoms with E-state index in [-0.39, 0.29) is 10.7 Å². The van der Waals surface area contributed by atoms with Gasteiger partial charge in [0.1, 0.15) is 6.10 Å². The summed E-state index contributed by atoms with van der Waals surface area (Å²) >= 11 is 15.6. The van der Waals surface area contributed by atoms with E-state index in [1.54, 1.807) is 0 Å². The average molecular weight is 282 g/mol. The van der Waals surface area contributed by atoms with Crippen LogP contribution in [0, 0.1) is 0 Å². The number of thiol groups is 1. The van der Waals surface area contributed by atoms with Crippen LogP contribution in [0.2, 0.25) is 10.0 Å². The standard InChI is InChI=1S/C10H13Cl2NO2S/c11-5-3-6(9(13)7(12)4-5)10(15)8(14)1-2-16/h3-4,8,10,14-16H,1-2,13H2. The van der Waals surface area contributed by atoms with Crippen molar-refractivity contribution in [1.29, 1.82) is 0 Å². The molecule has 0 amide bonds. The van der Waals surface area contributed by atoms with E-state index in [1.165, 1.54) is 12.1 Å². The minimum absolute atomic E-state index is 0.233. The zero-order valence-electron chi connectivity index (χ0n) is 8.40. The predicted octanol–water partition coefficient (Wildman–Crippen LogP) is 2.29. The normalized spacial score (nSPS) is 14.8. The molecule has 0 heterocycles. The van der Waals surface area contributed by atoms with Crippen molar-refractivity contribution in [3.63, 3.8) is 0 Å². The number of hydrogen-bond donors (Lipinski definition) is 4. The summed E-state index contributed by atoms with van der Waals surface area (Å²) in [7, 11) is 0. The molecule has 2 unspecified atom stereocenters. The van der Waals surface area contributed by atoms with Gasteiger partial charge in [0.15, 0.2) is 0 Å². The van der Waals surface area contributed by atoms with Crippen molar-refractivity contribution >= 4 is 41.5 Å². The SMILES string of the molecule is Nc1c(Cl)cc(Cl)cc1C(O)C(O)CCS. The number of aliphatic hydroxyl groups excluding tert-OH is 2. The number of rotatable bonds is 4. The molecule has 1 rings (SSSR count). The number of nitrogens with two attached hydrogens (primary N) is 1. The van der Waals surface area contributed by atoms with Gasteiger partial charge in [-0.1, -0.05) is 23.2 Å². The van der Waals surface area contributed by atoms with Gasteiger partial charge in [-0.05, 0) is 24.3 Å². The van der Waals surface area contributed by atoms with E-state index in [2.05, 4.69) is 12.6 Å². The fourth-order valence-electron chi connectivity index (χ4n) is 1.35. The maximum Gasteiger partial charge on any atom is 0.107 e. The van der Waals surface area contributed by atoms with E-state index in [1.807, 2.05) is 0 Å². The van der Waals surface area contributed by atoms with Crippen molar-refractivity contribution in [2.24, 2.45) is 0 Å². The van der Waals surface area contributed by atoms with Gasteiger partial charge in [0.25, 0.3) is 0 Å². The molecule has 0 fully saturated rings. The predicted molar refractivity (Wildman–Crippen MR) is 70.3 cm³/mol. The number of benzene rings is 1. The van der Waals surface area contributed by atoms with Crippen molar-refractivity contribution in [3.8, 4) is 0 Å².